The van der Waals surface area contributed by atoms with Crippen LogP contribution in [0.1, 0.15) is 54.9 Å². The van der Waals surface area contributed by atoms with Gasteiger partial charge in [-0.3, -0.25) is 4.79 Å². The number of piperidine rings is 1. The Morgan fingerprint density at radius 3 is 2.77 bits per heavy atom. The number of fused-ring (bicyclic) bond motifs is 1. The second kappa shape index (κ2) is 9.05. The highest BCUT2D eigenvalue weighted by Crippen LogP contribution is 2.33. The van der Waals surface area contributed by atoms with E-state index in [1.54, 1.807) is 13.2 Å². The first-order valence-corrected chi connectivity index (χ1v) is 10.8. The number of ether oxygens (including phenoxy) is 1. The van der Waals surface area contributed by atoms with Gasteiger partial charge in [0.25, 0.3) is 5.91 Å². The predicted molar refractivity (Wildman–Crippen MR) is 117 cm³/mol. The number of hydrogen-bond acceptors (Lipinski definition) is 7. The van der Waals surface area contributed by atoms with Crippen LogP contribution in [-0.2, 0) is 4.74 Å². The van der Waals surface area contributed by atoms with E-state index < -0.39 is 0 Å². The lowest BCUT2D eigenvalue weighted by Gasteiger charge is -2.31. The quantitative estimate of drug-likeness (QED) is 0.573. The molecule has 4 rings (SSSR count). The van der Waals surface area contributed by atoms with Gasteiger partial charge in [0.1, 0.15) is 5.52 Å². The number of carbonyl (C=O) groups is 1. The fraction of sp³-hybridized carbons (Fsp3) is 0.545. The normalized spacial score (nSPS) is 15.2. The molecule has 0 N–H and O–H groups in total. The summed E-state index contributed by atoms with van der Waals surface area (Å²) in [6.45, 7) is 7.01. The highest BCUT2D eigenvalue weighted by molar-refractivity contribution is 5.91. The number of carbonyl (C=O) groups excluding carboxylic acids is 1. The largest absolute Gasteiger partial charge is 0.383 e. The molecular formula is C22H30N6O3. The van der Waals surface area contributed by atoms with E-state index in [2.05, 4.69) is 39.5 Å². The molecular weight excluding hydrogens is 396 g/mol. The van der Waals surface area contributed by atoms with E-state index >= 15 is 0 Å². The van der Waals surface area contributed by atoms with Crippen molar-refractivity contribution in [2.75, 3.05) is 45.3 Å². The summed E-state index contributed by atoms with van der Waals surface area (Å²) in [5.74, 6) is 1.36. The van der Waals surface area contributed by atoms with E-state index in [-0.39, 0.29) is 11.8 Å². The summed E-state index contributed by atoms with van der Waals surface area (Å²) in [5, 5.41) is 3.64. The molecule has 0 aromatic carbocycles. The predicted octanol–water partition coefficient (Wildman–Crippen LogP) is 3.10. The van der Waals surface area contributed by atoms with Crippen molar-refractivity contribution in [2.45, 2.75) is 38.6 Å². The first-order valence-electron chi connectivity index (χ1n) is 10.8. The first-order chi connectivity index (χ1) is 15.0. The molecule has 31 heavy (non-hydrogen) atoms. The maximum absolute atomic E-state index is 12.6. The Morgan fingerprint density at radius 2 is 2.13 bits per heavy atom. The summed E-state index contributed by atoms with van der Waals surface area (Å²) in [4.78, 5) is 26.2. The van der Waals surface area contributed by atoms with Crippen molar-refractivity contribution in [3.8, 4) is 0 Å². The number of aromatic nitrogens is 4. The van der Waals surface area contributed by atoms with Crippen LogP contribution >= 0.6 is 0 Å². The molecule has 1 fully saturated rings. The lowest BCUT2D eigenvalue weighted by Crippen LogP contribution is -2.38. The van der Waals surface area contributed by atoms with Crippen LogP contribution in [0.4, 0.5) is 5.82 Å². The number of rotatable bonds is 7. The SMILES string of the molecule is COCCN(C)c1nc(C2CCN(C(=O)c3ccno3)CC2)cc2c1ncn2C(C)C. The van der Waals surface area contributed by atoms with Gasteiger partial charge < -0.3 is 23.6 Å². The fourth-order valence-corrected chi connectivity index (χ4v) is 4.11. The second-order valence-corrected chi connectivity index (χ2v) is 8.34. The number of imidazole rings is 1. The van der Waals surface area contributed by atoms with Crippen LogP contribution in [0, 0.1) is 0 Å². The minimum Gasteiger partial charge on any atom is -0.383 e. The van der Waals surface area contributed by atoms with E-state index in [4.69, 9.17) is 14.2 Å². The molecule has 0 unspecified atom stereocenters. The van der Waals surface area contributed by atoms with Crippen LogP contribution < -0.4 is 4.90 Å². The number of amides is 1. The number of methoxy groups -OCH3 is 1. The first kappa shape index (κ1) is 21.3. The van der Waals surface area contributed by atoms with Gasteiger partial charge in [-0.25, -0.2) is 9.97 Å². The van der Waals surface area contributed by atoms with E-state index in [9.17, 15) is 4.79 Å². The van der Waals surface area contributed by atoms with E-state index in [0.717, 1.165) is 41.9 Å². The van der Waals surface area contributed by atoms with Crippen molar-refractivity contribution >= 4 is 22.8 Å². The molecule has 1 aliphatic rings. The summed E-state index contributed by atoms with van der Waals surface area (Å²) in [7, 11) is 3.73. The Labute approximate surface area is 182 Å². The van der Waals surface area contributed by atoms with E-state index in [1.165, 1.54) is 6.20 Å². The Hall–Kier alpha value is -2.94. The summed E-state index contributed by atoms with van der Waals surface area (Å²) >= 11 is 0. The molecule has 0 spiro atoms. The van der Waals surface area contributed by atoms with Crippen LogP contribution in [0.5, 0.6) is 0 Å². The topological polar surface area (TPSA) is 89.5 Å². The number of likely N-dealkylation sites (tertiary alicyclic amines) is 1. The third-order valence-corrected chi connectivity index (χ3v) is 5.96. The standard InChI is InChI=1S/C22H30N6O3/c1-15(2)28-14-23-20-18(28)13-17(25-21(20)26(3)11-12-30-4)16-6-9-27(10-7-16)22(29)19-5-8-24-31-19/h5,8,13-16H,6-7,9-12H2,1-4H3. The highest BCUT2D eigenvalue weighted by Gasteiger charge is 2.28. The molecule has 1 amide bonds. The third kappa shape index (κ3) is 4.27. The van der Waals surface area contributed by atoms with Crippen molar-refractivity contribution in [1.29, 1.82) is 0 Å². The van der Waals surface area contributed by atoms with Crippen LogP contribution in [0.3, 0.4) is 0 Å². The molecule has 0 atom stereocenters. The smallest absolute Gasteiger partial charge is 0.292 e. The van der Waals surface area contributed by atoms with Gasteiger partial charge in [0, 0.05) is 57.5 Å². The Balaban J connectivity index is 1.60. The minimum atomic E-state index is -0.0998. The maximum Gasteiger partial charge on any atom is 0.292 e. The Morgan fingerprint density at radius 1 is 1.35 bits per heavy atom. The third-order valence-electron chi connectivity index (χ3n) is 5.96. The van der Waals surface area contributed by atoms with Crippen molar-refractivity contribution in [3.05, 3.63) is 36.1 Å². The van der Waals surface area contributed by atoms with Crippen LogP contribution in [0.2, 0.25) is 0 Å². The maximum atomic E-state index is 12.6. The minimum absolute atomic E-state index is 0.0998. The second-order valence-electron chi connectivity index (χ2n) is 8.34. The molecule has 3 aromatic rings. The van der Waals surface area contributed by atoms with Crippen molar-refractivity contribution in [2.24, 2.45) is 0 Å². The molecule has 0 aliphatic carbocycles. The van der Waals surface area contributed by atoms with Gasteiger partial charge in [-0.05, 0) is 32.8 Å². The van der Waals surface area contributed by atoms with Gasteiger partial charge in [-0.2, -0.15) is 0 Å². The molecule has 166 valence electrons. The van der Waals surface area contributed by atoms with Gasteiger partial charge in [0.2, 0.25) is 5.76 Å². The molecule has 9 nitrogen and oxygen atoms in total. The molecule has 4 heterocycles. The summed E-state index contributed by atoms with van der Waals surface area (Å²) < 4.78 is 12.5. The average molecular weight is 427 g/mol. The zero-order valence-electron chi connectivity index (χ0n) is 18.6. The van der Waals surface area contributed by atoms with Crippen molar-refractivity contribution in [3.63, 3.8) is 0 Å². The zero-order chi connectivity index (χ0) is 22.0. The van der Waals surface area contributed by atoms with Gasteiger partial charge in [-0.15, -0.1) is 0 Å². The number of pyridine rings is 1. The molecule has 1 aliphatic heterocycles. The number of hydrogen-bond donors (Lipinski definition) is 0. The van der Waals surface area contributed by atoms with Crippen molar-refractivity contribution < 1.29 is 14.1 Å². The van der Waals surface area contributed by atoms with E-state index in [1.807, 2.05) is 18.3 Å². The lowest BCUT2D eigenvalue weighted by molar-refractivity contribution is 0.0670. The number of anilines is 1. The molecule has 9 heteroatoms. The van der Waals surface area contributed by atoms with Gasteiger partial charge >= 0.3 is 0 Å². The van der Waals surface area contributed by atoms with Gasteiger partial charge in [-0.1, -0.05) is 5.16 Å². The summed E-state index contributed by atoms with van der Waals surface area (Å²) in [5.41, 5.74) is 3.06. The highest BCUT2D eigenvalue weighted by atomic mass is 16.5. The molecule has 0 saturated carbocycles. The van der Waals surface area contributed by atoms with Crippen molar-refractivity contribution in [1.82, 2.24) is 24.6 Å². The Bertz CT molecular complexity index is 1020. The molecule has 3 aromatic heterocycles. The summed E-state index contributed by atoms with van der Waals surface area (Å²) in [6.07, 6.45) is 5.11. The van der Waals surface area contributed by atoms with Crippen LogP contribution in [0.25, 0.3) is 11.0 Å². The zero-order valence-corrected chi connectivity index (χ0v) is 18.6. The monoisotopic (exact) mass is 426 g/mol. The lowest BCUT2D eigenvalue weighted by atomic mass is 9.92. The van der Waals surface area contributed by atoms with Gasteiger partial charge in [0.15, 0.2) is 5.82 Å². The molecule has 1 saturated heterocycles. The molecule has 0 radical (unpaired) electrons. The number of likely N-dealkylation sites (N-methyl/N-ethyl adjacent to an activating group) is 1. The summed E-state index contributed by atoms with van der Waals surface area (Å²) in [6, 6.07) is 4.09. The molecule has 0 bridgehead atoms. The van der Waals surface area contributed by atoms with Crippen LogP contribution in [-0.4, -0.2) is 70.9 Å². The van der Waals surface area contributed by atoms with Gasteiger partial charge in [0.05, 0.1) is 24.6 Å². The Kier molecular flexibility index (Phi) is 6.22. The average Bonchev–Trinajstić information content (AvgIpc) is 3.46. The fourth-order valence-electron chi connectivity index (χ4n) is 4.11. The van der Waals surface area contributed by atoms with Crippen LogP contribution in [0.15, 0.2) is 29.2 Å². The number of nitrogens with zero attached hydrogens (tertiary/aromatic N) is 6. The van der Waals surface area contributed by atoms with E-state index in [0.29, 0.717) is 31.5 Å².